The molecule has 26 heavy (non-hydrogen) atoms. The largest absolute Gasteiger partial charge is 0.467 e. The summed E-state index contributed by atoms with van der Waals surface area (Å²) >= 11 is 0. The lowest BCUT2D eigenvalue weighted by Gasteiger charge is -2.32. The van der Waals surface area contributed by atoms with Crippen molar-refractivity contribution in [2.75, 3.05) is 37.9 Å². The number of benzene rings is 1. The zero-order chi connectivity index (χ0) is 17.9. The fraction of sp³-hybridized carbons (Fsp3) is 0.412. The summed E-state index contributed by atoms with van der Waals surface area (Å²) in [7, 11) is 0. The Kier molecular flexibility index (Phi) is 4.63. The van der Waals surface area contributed by atoms with E-state index < -0.39 is 0 Å². The maximum atomic E-state index is 11.2. The molecule has 0 bridgehead atoms. The van der Waals surface area contributed by atoms with Gasteiger partial charge in [-0.15, -0.1) is 0 Å². The van der Waals surface area contributed by atoms with Crippen LogP contribution in [-0.2, 0) is 17.9 Å². The number of piperazine rings is 1. The molecule has 1 aromatic heterocycles. The number of anilines is 1. The Hall–Kier alpha value is -2.78. The van der Waals surface area contributed by atoms with Crippen LogP contribution in [0.15, 0.2) is 30.6 Å². The Morgan fingerprint density at radius 2 is 2.00 bits per heavy atom. The van der Waals surface area contributed by atoms with Crippen LogP contribution in [0.2, 0.25) is 0 Å². The van der Waals surface area contributed by atoms with Crippen LogP contribution >= 0.6 is 0 Å². The highest BCUT2D eigenvalue weighted by Crippen LogP contribution is 2.32. The Bertz CT molecular complexity index is 793. The Balaban J connectivity index is 1.48. The van der Waals surface area contributed by atoms with E-state index in [1.807, 2.05) is 0 Å². The summed E-state index contributed by atoms with van der Waals surface area (Å²) in [6.45, 7) is 4.73. The normalized spacial score (nSPS) is 17.5. The summed E-state index contributed by atoms with van der Waals surface area (Å²) in [6, 6.07) is 4.97. The molecule has 0 unspecified atom stereocenters. The molecule has 1 saturated heterocycles. The maximum absolute atomic E-state index is 11.2. The molecule has 0 spiro atoms. The van der Waals surface area contributed by atoms with E-state index in [9.17, 15) is 10.1 Å². The standard InChI is InChI=1S/C17H19N5O4/c23-22(24)15-8-13(16-14(9-15)11-25-12-26-16)10-20-4-6-21(7-5-20)17-18-2-1-3-19-17/h1-3,8-9H,4-7,10-12H2/p+1. The summed E-state index contributed by atoms with van der Waals surface area (Å²) in [6.07, 6.45) is 3.49. The topological polar surface area (TPSA) is 95.1 Å². The van der Waals surface area contributed by atoms with Gasteiger partial charge in [0.25, 0.3) is 5.69 Å². The van der Waals surface area contributed by atoms with E-state index in [1.54, 1.807) is 24.5 Å². The second kappa shape index (κ2) is 7.22. The van der Waals surface area contributed by atoms with Gasteiger partial charge in [-0.2, -0.15) is 0 Å². The van der Waals surface area contributed by atoms with Crippen molar-refractivity contribution in [2.45, 2.75) is 13.2 Å². The minimum atomic E-state index is -0.363. The number of fused-ring (bicyclic) bond motifs is 1. The van der Waals surface area contributed by atoms with Crippen molar-refractivity contribution in [1.82, 2.24) is 9.97 Å². The molecule has 4 rings (SSSR count). The number of non-ortho nitro benzene ring substituents is 1. The van der Waals surface area contributed by atoms with Crippen LogP contribution < -0.4 is 14.5 Å². The zero-order valence-corrected chi connectivity index (χ0v) is 14.3. The van der Waals surface area contributed by atoms with Gasteiger partial charge >= 0.3 is 0 Å². The van der Waals surface area contributed by atoms with Crippen LogP contribution in [0.4, 0.5) is 11.6 Å². The lowest BCUT2D eigenvalue weighted by Crippen LogP contribution is -3.13. The van der Waals surface area contributed by atoms with Crippen LogP contribution in [0, 0.1) is 10.1 Å². The summed E-state index contributed by atoms with van der Waals surface area (Å²) in [5.74, 6) is 1.49. The highest BCUT2D eigenvalue weighted by molar-refractivity contribution is 5.50. The van der Waals surface area contributed by atoms with Crippen LogP contribution in [-0.4, -0.2) is 47.9 Å². The molecule has 2 aromatic rings. The van der Waals surface area contributed by atoms with Crippen molar-refractivity contribution in [3.63, 3.8) is 0 Å². The molecular formula is C17H20N5O4+. The molecular weight excluding hydrogens is 338 g/mol. The summed E-state index contributed by atoms with van der Waals surface area (Å²) < 4.78 is 10.9. The van der Waals surface area contributed by atoms with Crippen molar-refractivity contribution >= 4 is 11.6 Å². The van der Waals surface area contributed by atoms with E-state index in [-0.39, 0.29) is 17.4 Å². The molecule has 0 amide bonds. The van der Waals surface area contributed by atoms with Crippen LogP contribution in [0.1, 0.15) is 11.1 Å². The van der Waals surface area contributed by atoms with Gasteiger partial charge in [0.05, 0.1) is 43.3 Å². The first-order valence-corrected chi connectivity index (χ1v) is 8.57. The van der Waals surface area contributed by atoms with E-state index in [2.05, 4.69) is 14.9 Å². The Morgan fingerprint density at radius 1 is 1.23 bits per heavy atom. The molecule has 0 atom stereocenters. The van der Waals surface area contributed by atoms with Crippen molar-refractivity contribution in [1.29, 1.82) is 0 Å². The number of quaternary nitrogens is 1. The monoisotopic (exact) mass is 358 g/mol. The highest BCUT2D eigenvalue weighted by atomic mass is 16.7. The number of hydrogen-bond donors (Lipinski definition) is 1. The average Bonchev–Trinajstić information content (AvgIpc) is 2.69. The van der Waals surface area contributed by atoms with Gasteiger partial charge in [0.2, 0.25) is 5.95 Å². The SMILES string of the molecule is O=[N+]([O-])c1cc2c(c(C[NH+]3CCN(c4ncccn4)CC3)c1)OCOC2. The van der Waals surface area contributed by atoms with Crippen molar-refractivity contribution in [3.8, 4) is 5.75 Å². The fourth-order valence-corrected chi connectivity index (χ4v) is 3.44. The number of aromatic nitrogens is 2. The van der Waals surface area contributed by atoms with Gasteiger partial charge in [-0.25, -0.2) is 9.97 Å². The number of nitrogens with zero attached hydrogens (tertiary/aromatic N) is 4. The number of nitro benzene ring substituents is 1. The molecule has 9 nitrogen and oxygen atoms in total. The minimum Gasteiger partial charge on any atom is -0.467 e. The highest BCUT2D eigenvalue weighted by Gasteiger charge is 2.26. The van der Waals surface area contributed by atoms with E-state index in [0.717, 1.165) is 49.0 Å². The predicted octanol–water partition coefficient (Wildman–Crippen LogP) is 0.156. The van der Waals surface area contributed by atoms with Crippen molar-refractivity contribution < 1.29 is 19.3 Å². The number of ether oxygens (including phenoxy) is 2. The van der Waals surface area contributed by atoms with Crippen molar-refractivity contribution in [3.05, 3.63) is 51.8 Å². The molecule has 2 aliphatic heterocycles. The second-order valence-electron chi connectivity index (χ2n) is 6.42. The number of rotatable bonds is 4. The molecule has 1 fully saturated rings. The van der Waals surface area contributed by atoms with E-state index >= 15 is 0 Å². The molecule has 0 radical (unpaired) electrons. The van der Waals surface area contributed by atoms with E-state index in [0.29, 0.717) is 13.2 Å². The van der Waals surface area contributed by atoms with Gasteiger partial charge in [0, 0.05) is 30.1 Å². The lowest BCUT2D eigenvalue weighted by molar-refractivity contribution is -0.914. The summed E-state index contributed by atoms with van der Waals surface area (Å²) in [5, 5.41) is 11.2. The number of nitro groups is 1. The fourth-order valence-electron chi connectivity index (χ4n) is 3.44. The first-order valence-electron chi connectivity index (χ1n) is 8.57. The predicted molar refractivity (Wildman–Crippen MR) is 92.0 cm³/mol. The smallest absolute Gasteiger partial charge is 0.270 e. The lowest BCUT2D eigenvalue weighted by atomic mass is 10.1. The van der Waals surface area contributed by atoms with Crippen LogP contribution in [0.3, 0.4) is 0 Å². The van der Waals surface area contributed by atoms with Gasteiger partial charge in [0.15, 0.2) is 6.79 Å². The molecule has 0 saturated carbocycles. The number of hydrogen-bond acceptors (Lipinski definition) is 7. The van der Waals surface area contributed by atoms with Gasteiger partial charge in [-0.3, -0.25) is 10.1 Å². The molecule has 1 aromatic carbocycles. The maximum Gasteiger partial charge on any atom is 0.270 e. The molecule has 3 heterocycles. The Morgan fingerprint density at radius 3 is 2.73 bits per heavy atom. The molecule has 9 heteroatoms. The molecule has 1 N–H and O–H groups in total. The molecule has 136 valence electrons. The third-order valence-corrected chi connectivity index (χ3v) is 4.73. The molecule has 0 aliphatic carbocycles. The third kappa shape index (κ3) is 3.44. The first kappa shape index (κ1) is 16.7. The first-order chi connectivity index (χ1) is 12.7. The summed E-state index contributed by atoms with van der Waals surface area (Å²) in [4.78, 5) is 23.0. The quantitative estimate of drug-likeness (QED) is 0.614. The average molecular weight is 358 g/mol. The van der Waals surface area contributed by atoms with Crippen LogP contribution in [0.25, 0.3) is 0 Å². The number of nitrogens with one attached hydrogen (secondary N) is 1. The van der Waals surface area contributed by atoms with Gasteiger partial charge < -0.3 is 19.3 Å². The second-order valence-corrected chi connectivity index (χ2v) is 6.42. The van der Waals surface area contributed by atoms with Gasteiger partial charge in [-0.05, 0) is 6.07 Å². The van der Waals surface area contributed by atoms with Gasteiger partial charge in [-0.1, -0.05) is 0 Å². The van der Waals surface area contributed by atoms with Gasteiger partial charge in [0.1, 0.15) is 12.3 Å². The summed E-state index contributed by atoms with van der Waals surface area (Å²) in [5.41, 5.74) is 1.71. The Labute approximate surface area is 150 Å². The third-order valence-electron chi connectivity index (χ3n) is 4.73. The minimum absolute atomic E-state index is 0.0866. The zero-order valence-electron chi connectivity index (χ0n) is 14.3. The molecule has 2 aliphatic rings. The van der Waals surface area contributed by atoms with E-state index in [4.69, 9.17) is 9.47 Å². The van der Waals surface area contributed by atoms with E-state index in [1.165, 1.54) is 11.0 Å². The van der Waals surface area contributed by atoms with Crippen molar-refractivity contribution in [2.24, 2.45) is 0 Å². The van der Waals surface area contributed by atoms with Crippen LogP contribution in [0.5, 0.6) is 5.75 Å².